The summed E-state index contributed by atoms with van der Waals surface area (Å²) in [6.07, 6.45) is 3.87. The molecule has 0 N–H and O–H groups in total. The number of hydrogen-bond acceptors (Lipinski definition) is 4. The molecule has 0 aliphatic heterocycles. The Hall–Kier alpha value is -1.98. The van der Waals surface area contributed by atoms with Gasteiger partial charge in [0, 0.05) is 35.4 Å². The Morgan fingerprint density at radius 1 is 1.19 bits per heavy atom. The van der Waals surface area contributed by atoms with Crippen LogP contribution in [0.25, 0.3) is 21.8 Å². The summed E-state index contributed by atoms with van der Waals surface area (Å²) in [6.45, 7) is 1.89. The number of likely N-dealkylation sites (N-methyl/N-ethyl adjacent to an activating group) is 1. The third-order valence-corrected chi connectivity index (χ3v) is 4.08. The molecule has 108 valence electrons. The molecule has 0 fully saturated rings. The van der Waals surface area contributed by atoms with Crippen LogP contribution >= 0.6 is 11.3 Å². The predicted octanol–water partition coefficient (Wildman–Crippen LogP) is 3.24. The van der Waals surface area contributed by atoms with Gasteiger partial charge in [0.2, 0.25) is 0 Å². The van der Waals surface area contributed by atoms with Crippen LogP contribution < -0.4 is 0 Å². The van der Waals surface area contributed by atoms with Gasteiger partial charge in [-0.2, -0.15) is 5.10 Å². The Bertz CT molecular complexity index is 701. The van der Waals surface area contributed by atoms with E-state index in [4.69, 9.17) is 0 Å². The van der Waals surface area contributed by atoms with Gasteiger partial charge in [0.25, 0.3) is 0 Å². The van der Waals surface area contributed by atoms with Crippen molar-refractivity contribution in [1.29, 1.82) is 0 Å². The van der Waals surface area contributed by atoms with Gasteiger partial charge in [-0.05, 0) is 26.2 Å². The molecule has 1 aromatic carbocycles. The maximum Gasteiger partial charge on any atom is 0.123 e. The van der Waals surface area contributed by atoms with Gasteiger partial charge in [0.15, 0.2) is 0 Å². The van der Waals surface area contributed by atoms with Crippen molar-refractivity contribution in [2.24, 2.45) is 0 Å². The second-order valence-electron chi connectivity index (χ2n) is 5.19. The predicted molar refractivity (Wildman–Crippen MR) is 87.3 cm³/mol. The molecule has 0 radical (unpaired) electrons. The second kappa shape index (κ2) is 6.20. The van der Waals surface area contributed by atoms with Crippen molar-refractivity contribution < 1.29 is 0 Å². The SMILES string of the molecule is CN(C)CCn1ccc(-c2cccc(-c3nccs3)c2)n1. The first-order valence-electron chi connectivity index (χ1n) is 6.91. The molecule has 4 nitrogen and oxygen atoms in total. The van der Waals surface area contributed by atoms with Crippen LogP contribution in [0.1, 0.15) is 0 Å². The maximum atomic E-state index is 4.65. The molecule has 0 bridgehead atoms. The first-order chi connectivity index (χ1) is 10.2. The third-order valence-electron chi connectivity index (χ3n) is 3.25. The Balaban J connectivity index is 1.82. The Kier molecular flexibility index (Phi) is 4.13. The number of benzene rings is 1. The molecule has 5 heteroatoms. The zero-order chi connectivity index (χ0) is 14.7. The van der Waals surface area contributed by atoms with Gasteiger partial charge in [-0.1, -0.05) is 18.2 Å². The monoisotopic (exact) mass is 298 g/mol. The van der Waals surface area contributed by atoms with E-state index < -0.39 is 0 Å². The molecule has 0 saturated carbocycles. The highest BCUT2D eigenvalue weighted by Gasteiger charge is 2.06. The number of hydrogen-bond donors (Lipinski definition) is 0. The topological polar surface area (TPSA) is 34.0 Å². The largest absolute Gasteiger partial charge is 0.308 e. The molecule has 0 aliphatic rings. The molecule has 0 atom stereocenters. The molecule has 0 amide bonds. The Morgan fingerprint density at radius 2 is 2.05 bits per heavy atom. The summed E-state index contributed by atoms with van der Waals surface area (Å²) in [4.78, 5) is 6.52. The van der Waals surface area contributed by atoms with Gasteiger partial charge >= 0.3 is 0 Å². The molecule has 21 heavy (non-hydrogen) atoms. The van der Waals surface area contributed by atoms with Crippen molar-refractivity contribution in [2.45, 2.75) is 6.54 Å². The summed E-state index contributed by atoms with van der Waals surface area (Å²) in [7, 11) is 4.14. The minimum absolute atomic E-state index is 0.902. The van der Waals surface area contributed by atoms with E-state index in [9.17, 15) is 0 Å². The molecule has 3 rings (SSSR count). The minimum Gasteiger partial charge on any atom is -0.308 e. The van der Waals surface area contributed by atoms with Gasteiger partial charge in [0.05, 0.1) is 12.2 Å². The van der Waals surface area contributed by atoms with E-state index in [2.05, 4.69) is 59.4 Å². The maximum absolute atomic E-state index is 4.65. The van der Waals surface area contributed by atoms with Gasteiger partial charge in [0.1, 0.15) is 5.01 Å². The Labute approximate surface area is 128 Å². The molecule has 3 aromatic rings. The molecule has 0 spiro atoms. The lowest BCUT2D eigenvalue weighted by Crippen LogP contribution is -2.18. The van der Waals surface area contributed by atoms with Crippen LogP contribution in [0, 0.1) is 0 Å². The van der Waals surface area contributed by atoms with Crippen molar-refractivity contribution in [1.82, 2.24) is 19.7 Å². The highest BCUT2D eigenvalue weighted by atomic mass is 32.1. The molecule has 0 unspecified atom stereocenters. The molecule has 2 heterocycles. The average molecular weight is 298 g/mol. The van der Waals surface area contributed by atoms with Crippen molar-refractivity contribution in [3.63, 3.8) is 0 Å². The molecular weight excluding hydrogens is 280 g/mol. The first-order valence-corrected chi connectivity index (χ1v) is 7.79. The lowest BCUT2D eigenvalue weighted by molar-refractivity contribution is 0.373. The lowest BCUT2D eigenvalue weighted by Gasteiger charge is -2.08. The lowest BCUT2D eigenvalue weighted by atomic mass is 10.1. The molecule has 0 saturated heterocycles. The van der Waals surface area contributed by atoms with Gasteiger partial charge in [-0.25, -0.2) is 4.98 Å². The van der Waals surface area contributed by atoms with Crippen LogP contribution in [0.5, 0.6) is 0 Å². The van der Waals surface area contributed by atoms with E-state index in [-0.39, 0.29) is 0 Å². The fraction of sp³-hybridized carbons (Fsp3) is 0.250. The normalized spacial score (nSPS) is 11.2. The molecule has 0 aliphatic carbocycles. The van der Waals surface area contributed by atoms with Crippen LogP contribution in [0.3, 0.4) is 0 Å². The van der Waals surface area contributed by atoms with E-state index in [0.29, 0.717) is 0 Å². The van der Waals surface area contributed by atoms with Crippen LogP contribution in [-0.2, 0) is 6.54 Å². The van der Waals surface area contributed by atoms with Crippen molar-refractivity contribution >= 4 is 11.3 Å². The van der Waals surface area contributed by atoms with Gasteiger partial charge in [-0.3, -0.25) is 4.68 Å². The fourth-order valence-corrected chi connectivity index (χ4v) is 2.76. The van der Waals surface area contributed by atoms with E-state index in [1.54, 1.807) is 11.3 Å². The fourth-order valence-electron chi connectivity index (χ4n) is 2.12. The Morgan fingerprint density at radius 3 is 2.81 bits per heavy atom. The van der Waals surface area contributed by atoms with E-state index >= 15 is 0 Å². The molecule has 2 aromatic heterocycles. The summed E-state index contributed by atoms with van der Waals surface area (Å²) >= 11 is 1.65. The van der Waals surface area contributed by atoms with Crippen molar-refractivity contribution in [3.8, 4) is 21.8 Å². The average Bonchev–Trinajstić information content (AvgIpc) is 3.17. The minimum atomic E-state index is 0.902. The van der Waals surface area contributed by atoms with E-state index in [1.807, 2.05) is 22.5 Å². The summed E-state index contributed by atoms with van der Waals surface area (Å²) in [6, 6.07) is 10.5. The summed E-state index contributed by atoms with van der Waals surface area (Å²) in [5.74, 6) is 0. The number of aromatic nitrogens is 3. The summed E-state index contributed by atoms with van der Waals surface area (Å²) in [5, 5.41) is 7.69. The zero-order valence-corrected chi connectivity index (χ0v) is 13.0. The number of rotatable bonds is 5. The summed E-state index contributed by atoms with van der Waals surface area (Å²) < 4.78 is 1.99. The summed E-state index contributed by atoms with van der Waals surface area (Å²) in [5.41, 5.74) is 3.28. The van der Waals surface area contributed by atoms with Crippen LogP contribution in [0.4, 0.5) is 0 Å². The van der Waals surface area contributed by atoms with E-state index in [0.717, 1.165) is 34.9 Å². The molecular formula is C16H18N4S. The number of nitrogens with zero attached hydrogens (tertiary/aromatic N) is 4. The van der Waals surface area contributed by atoms with E-state index in [1.165, 1.54) is 0 Å². The van der Waals surface area contributed by atoms with Crippen LogP contribution in [0.15, 0.2) is 48.1 Å². The van der Waals surface area contributed by atoms with Gasteiger partial charge < -0.3 is 4.90 Å². The highest BCUT2D eigenvalue weighted by molar-refractivity contribution is 7.13. The van der Waals surface area contributed by atoms with Crippen LogP contribution in [0.2, 0.25) is 0 Å². The quantitative estimate of drug-likeness (QED) is 0.725. The third kappa shape index (κ3) is 3.37. The van der Waals surface area contributed by atoms with Crippen molar-refractivity contribution in [3.05, 3.63) is 48.1 Å². The highest BCUT2D eigenvalue weighted by Crippen LogP contribution is 2.26. The van der Waals surface area contributed by atoms with Crippen LogP contribution in [-0.4, -0.2) is 40.3 Å². The standard InChI is InChI=1S/C16H18N4S/c1-19(2)9-10-20-8-6-15(18-20)13-4-3-5-14(12-13)16-17-7-11-21-16/h3-8,11-12H,9-10H2,1-2H3. The number of thiazole rings is 1. The zero-order valence-electron chi connectivity index (χ0n) is 12.2. The first kappa shape index (κ1) is 14.0. The second-order valence-corrected chi connectivity index (χ2v) is 6.08. The van der Waals surface area contributed by atoms with Crippen molar-refractivity contribution in [2.75, 3.05) is 20.6 Å². The van der Waals surface area contributed by atoms with Gasteiger partial charge in [-0.15, -0.1) is 11.3 Å². The smallest absolute Gasteiger partial charge is 0.123 e.